The molecule has 2 N–H and O–H groups in total. The molecule has 4 aliphatic rings. The Bertz CT molecular complexity index is 777. The summed E-state index contributed by atoms with van der Waals surface area (Å²) in [4.78, 5) is 36.1. The van der Waals surface area contributed by atoms with Gasteiger partial charge in [-0.1, -0.05) is 26.3 Å². The summed E-state index contributed by atoms with van der Waals surface area (Å²) in [6, 6.07) is 0. The molecule has 0 radical (unpaired) electrons. The summed E-state index contributed by atoms with van der Waals surface area (Å²) in [5.41, 5.74) is -1.59. The van der Waals surface area contributed by atoms with Crippen LogP contribution >= 0.6 is 12.6 Å². The highest BCUT2D eigenvalue weighted by Crippen LogP contribution is 2.68. The molecular formula is C22H30O5S. The first-order chi connectivity index (χ1) is 13.0. The number of thiol groups is 1. The molecule has 3 fully saturated rings. The maximum absolute atomic E-state index is 12.4. The number of aldehydes is 1. The highest BCUT2D eigenvalue weighted by molar-refractivity contribution is 7.96. The second-order valence-corrected chi connectivity index (χ2v) is 10.6. The van der Waals surface area contributed by atoms with Gasteiger partial charge in [-0.2, -0.15) is 0 Å². The molecule has 0 saturated heterocycles. The predicted molar refractivity (Wildman–Crippen MR) is 107 cm³/mol. The summed E-state index contributed by atoms with van der Waals surface area (Å²) in [6.45, 7) is 6.12. The number of aliphatic hydroxyl groups excluding tert-OH is 1. The molecule has 4 rings (SSSR count). The molecule has 0 amide bonds. The van der Waals surface area contributed by atoms with Crippen molar-refractivity contribution in [3.63, 3.8) is 0 Å². The molecule has 4 aliphatic carbocycles. The summed E-state index contributed by atoms with van der Waals surface area (Å²) < 4.78 is 0. The Labute approximate surface area is 171 Å². The summed E-state index contributed by atoms with van der Waals surface area (Å²) in [5, 5.41) is 22.0. The lowest BCUT2D eigenvalue weighted by atomic mass is 9.43. The quantitative estimate of drug-likeness (QED) is 0.372. The van der Waals surface area contributed by atoms with E-state index in [0.717, 1.165) is 24.7 Å². The molecule has 3 saturated carbocycles. The Kier molecular flexibility index (Phi) is 4.54. The van der Waals surface area contributed by atoms with E-state index in [0.29, 0.717) is 19.3 Å². The van der Waals surface area contributed by atoms with Crippen LogP contribution in [0.25, 0.3) is 0 Å². The van der Waals surface area contributed by atoms with Crippen LogP contribution < -0.4 is 0 Å². The SMILES string of the molecule is C[C@H]1C[C@@H]2[C@H]([C@@H](O)C[C@@]3(C)[C@H]2CC[C@@]3(O)C(=O)S)[C@@]2(C)CC(C=O)C(=O)C=C12. The van der Waals surface area contributed by atoms with E-state index in [2.05, 4.69) is 26.5 Å². The standard InChI is InChI=1S/C22H30O5S/c1-11-6-13-14-4-5-22(27,19(26)28)21(14,3)9-17(25)18(13)20(2)8-12(10-23)16(24)7-15(11)20/h7,10-14,17-18,25,27H,4-6,8-9H2,1-3H3,(H,26,28)/t11-,12?,13-,14-,17-,18+,20-,21-,22+/m0/s1. The summed E-state index contributed by atoms with van der Waals surface area (Å²) in [7, 11) is 0. The minimum absolute atomic E-state index is 0.0825. The van der Waals surface area contributed by atoms with Gasteiger partial charge in [0.1, 0.15) is 11.9 Å². The van der Waals surface area contributed by atoms with Gasteiger partial charge in [-0.25, -0.2) is 0 Å². The van der Waals surface area contributed by atoms with Crippen molar-refractivity contribution in [2.24, 2.45) is 40.4 Å². The van der Waals surface area contributed by atoms with Gasteiger partial charge in [0, 0.05) is 5.41 Å². The molecule has 9 atom stereocenters. The van der Waals surface area contributed by atoms with Gasteiger partial charge < -0.3 is 15.0 Å². The number of hydrogen-bond donors (Lipinski definition) is 3. The Morgan fingerprint density at radius 2 is 2.00 bits per heavy atom. The Morgan fingerprint density at radius 1 is 1.32 bits per heavy atom. The molecule has 0 spiro atoms. The van der Waals surface area contributed by atoms with Crippen molar-refractivity contribution in [1.82, 2.24) is 0 Å². The molecule has 6 heteroatoms. The Morgan fingerprint density at radius 3 is 2.61 bits per heavy atom. The van der Waals surface area contributed by atoms with Gasteiger partial charge in [0.05, 0.1) is 12.0 Å². The highest BCUT2D eigenvalue weighted by Gasteiger charge is 2.68. The molecule has 0 aromatic rings. The zero-order valence-corrected chi connectivity index (χ0v) is 17.6. The number of rotatable bonds is 2. The van der Waals surface area contributed by atoms with Gasteiger partial charge in [-0.3, -0.25) is 9.59 Å². The number of fused-ring (bicyclic) bond motifs is 5. The van der Waals surface area contributed by atoms with E-state index in [4.69, 9.17) is 0 Å². The van der Waals surface area contributed by atoms with Crippen molar-refractivity contribution in [2.45, 2.75) is 64.6 Å². The van der Waals surface area contributed by atoms with Crippen molar-refractivity contribution in [3.05, 3.63) is 11.6 Å². The van der Waals surface area contributed by atoms with Gasteiger partial charge in [0.2, 0.25) is 5.12 Å². The second-order valence-electron chi connectivity index (χ2n) is 10.2. The maximum atomic E-state index is 12.4. The monoisotopic (exact) mass is 406 g/mol. The zero-order valence-electron chi connectivity index (χ0n) is 16.7. The van der Waals surface area contributed by atoms with E-state index >= 15 is 0 Å². The molecule has 0 aromatic carbocycles. The van der Waals surface area contributed by atoms with Crippen molar-refractivity contribution in [2.75, 3.05) is 0 Å². The number of aliphatic hydroxyl groups is 2. The fourth-order valence-electron chi connectivity index (χ4n) is 7.72. The average Bonchev–Trinajstić information content (AvgIpc) is 2.88. The number of ketones is 1. The summed E-state index contributed by atoms with van der Waals surface area (Å²) in [5.74, 6) is -0.458. The number of carbonyl (C=O) groups is 3. The zero-order chi connectivity index (χ0) is 20.6. The lowest BCUT2D eigenvalue weighted by molar-refractivity contribution is -0.178. The second kappa shape index (κ2) is 6.26. The number of carbonyl (C=O) groups excluding carboxylic acids is 3. The van der Waals surface area contributed by atoms with Crippen LogP contribution in [-0.2, 0) is 14.4 Å². The van der Waals surface area contributed by atoms with Gasteiger partial charge >= 0.3 is 0 Å². The third-order valence-corrected chi connectivity index (χ3v) is 9.35. The minimum atomic E-state index is -1.51. The van der Waals surface area contributed by atoms with Crippen molar-refractivity contribution in [3.8, 4) is 0 Å². The molecule has 28 heavy (non-hydrogen) atoms. The molecule has 5 nitrogen and oxygen atoms in total. The first-order valence-corrected chi connectivity index (χ1v) is 10.8. The molecule has 1 unspecified atom stereocenters. The molecule has 0 aliphatic heterocycles. The van der Waals surface area contributed by atoms with Crippen LogP contribution in [0.4, 0.5) is 0 Å². The van der Waals surface area contributed by atoms with Crippen LogP contribution in [0, 0.1) is 40.4 Å². The van der Waals surface area contributed by atoms with E-state index in [1.54, 1.807) is 6.08 Å². The van der Waals surface area contributed by atoms with Gasteiger partial charge in [0.25, 0.3) is 0 Å². The highest BCUT2D eigenvalue weighted by atomic mass is 32.1. The average molecular weight is 407 g/mol. The van der Waals surface area contributed by atoms with Crippen LogP contribution in [0.15, 0.2) is 11.6 Å². The Hall–Kier alpha value is -0.980. The van der Waals surface area contributed by atoms with Gasteiger partial charge in [-0.05, 0) is 67.3 Å². The normalized spacial score (nSPS) is 52.9. The Balaban J connectivity index is 1.80. The van der Waals surface area contributed by atoms with Crippen molar-refractivity contribution in [1.29, 1.82) is 0 Å². The predicted octanol–water partition coefficient (Wildman–Crippen LogP) is 2.35. The van der Waals surface area contributed by atoms with Crippen LogP contribution in [0.2, 0.25) is 0 Å². The first kappa shape index (κ1) is 20.3. The summed E-state index contributed by atoms with van der Waals surface area (Å²) in [6.07, 6.45) is 4.38. The van der Waals surface area contributed by atoms with E-state index in [1.165, 1.54) is 0 Å². The van der Waals surface area contributed by atoms with E-state index < -0.39 is 33.6 Å². The molecule has 0 heterocycles. The smallest absolute Gasteiger partial charge is 0.218 e. The van der Waals surface area contributed by atoms with Crippen LogP contribution in [0.1, 0.15) is 52.9 Å². The lowest BCUT2D eigenvalue weighted by Gasteiger charge is -2.62. The van der Waals surface area contributed by atoms with Crippen molar-refractivity contribution < 1.29 is 24.6 Å². The van der Waals surface area contributed by atoms with Crippen LogP contribution in [0.5, 0.6) is 0 Å². The third kappa shape index (κ3) is 2.37. The van der Waals surface area contributed by atoms with Crippen LogP contribution in [-0.4, -0.2) is 39.1 Å². The van der Waals surface area contributed by atoms with Gasteiger partial charge in [-0.15, -0.1) is 12.6 Å². The van der Waals surface area contributed by atoms with Crippen molar-refractivity contribution >= 4 is 29.8 Å². The minimum Gasteiger partial charge on any atom is -0.393 e. The maximum Gasteiger partial charge on any atom is 0.218 e. The fraction of sp³-hybridized carbons (Fsp3) is 0.773. The van der Waals surface area contributed by atoms with E-state index in [1.807, 2.05) is 6.92 Å². The molecular weight excluding hydrogens is 376 g/mol. The van der Waals surface area contributed by atoms with E-state index in [9.17, 15) is 24.6 Å². The number of allylic oxidation sites excluding steroid dienone is 1. The molecule has 154 valence electrons. The largest absolute Gasteiger partial charge is 0.393 e. The fourth-order valence-corrected chi connectivity index (χ4v) is 8.09. The number of hydrogen-bond acceptors (Lipinski definition) is 5. The topological polar surface area (TPSA) is 91.7 Å². The molecule has 0 aromatic heterocycles. The van der Waals surface area contributed by atoms with E-state index in [-0.39, 0.29) is 29.5 Å². The molecule has 0 bridgehead atoms. The third-order valence-electron chi connectivity index (χ3n) is 8.98. The lowest BCUT2D eigenvalue weighted by Crippen LogP contribution is -2.62. The van der Waals surface area contributed by atoms with Gasteiger partial charge in [0.15, 0.2) is 5.78 Å². The van der Waals surface area contributed by atoms with Crippen LogP contribution in [0.3, 0.4) is 0 Å². The first-order valence-electron chi connectivity index (χ1n) is 10.3. The summed E-state index contributed by atoms with van der Waals surface area (Å²) >= 11 is 3.98.